The summed E-state index contributed by atoms with van der Waals surface area (Å²) in [5.74, 6) is 1.12. The molecule has 1 aromatic heterocycles. The number of halogens is 4. The summed E-state index contributed by atoms with van der Waals surface area (Å²) in [5, 5.41) is 3.22. The Morgan fingerprint density at radius 2 is 1.92 bits per heavy atom. The zero-order chi connectivity index (χ0) is 17.6. The molecule has 7 heteroatoms. The molecule has 25 heavy (non-hydrogen) atoms. The zero-order valence-corrected chi connectivity index (χ0v) is 15.0. The summed E-state index contributed by atoms with van der Waals surface area (Å²) in [4.78, 5) is 0. The van der Waals surface area contributed by atoms with Crippen molar-refractivity contribution in [1.82, 2.24) is 5.32 Å². The van der Waals surface area contributed by atoms with Gasteiger partial charge in [0.15, 0.2) is 0 Å². The van der Waals surface area contributed by atoms with Gasteiger partial charge in [0.2, 0.25) is 0 Å². The van der Waals surface area contributed by atoms with Crippen LogP contribution in [0, 0.1) is 0 Å². The Bertz CT molecular complexity index is 641. The molecule has 3 nitrogen and oxygen atoms in total. The number of rotatable bonds is 8. The molecule has 1 N–H and O–H groups in total. The third-order valence-corrected chi connectivity index (χ3v) is 3.38. The second-order valence-electron chi connectivity index (χ2n) is 5.79. The average molecular weight is 378 g/mol. The summed E-state index contributed by atoms with van der Waals surface area (Å²) in [5.41, 5.74) is -0.261. The predicted octanol–water partition coefficient (Wildman–Crippen LogP) is 5.29. The first-order chi connectivity index (χ1) is 11.4. The molecule has 0 atom stereocenters. The molecule has 140 valence electrons. The minimum atomic E-state index is -4.36. The topological polar surface area (TPSA) is 34.4 Å². The van der Waals surface area contributed by atoms with Gasteiger partial charge in [-0.05, 0) is 51.1 Å². The lowest BCUT2D eigenvalue weighted by atomic mass is 10.1. The summed E-state index contributed by atoms with van der Waals surface area (Å²) < 4.78 is 49.3. The van der Waals surface area contributed by atoms with E-state index in [0.717, 1.165) is 25.1 Å². The molecular weight excluding hydrogens is 355 g/mol. The van der Waals surface area contributed by atoms with Gasteiger partial charge in [0.1, 0.15) is 11.5 Å². The van der Waals surface area contributed by atoms with Gasteiger partial charge in [0, 0.05) is 12.2 Å². The van der Waals surface area contributed by atoms with Crippen molar-refractivity contribution < 1.29 is 22.3 Å². The largest absolute Gasteiger partial charge is 0.460 e. The van der Waals surface area contributed by atoms with Crippen LogP contribution in [0.5, 0.6) is 0 Å². The normalized spacial score (nSPS) is 11.6. The molecule has 0 aliphatic carbocycles. The molecule has 0 saturated carbocycles. The highest BCUT2D eigenvalue weighted by atomic mass is 35.5. The molecule has 1 heterocycles. The third kappa shape index (κ3) is 7.10. The van der Waals surface area contributed by atoms with Gasteiger partial charge in [-0.1, -0.05) is 12.1 Å². The second kappa shape index (κ2) is 9.85. The number of nitrogens with one attached hydrogen (secondary N) is 1. The summed E-state index contributed by atoms with van der Waals surface area (Å²) in [6.45, 7) is 5.99. The fourth-order valence-corrected chi connectivity index (χ4v) is 2.20. The van der Waals surface area contributed by atoms with Crippen molar-refractivity contribution in [2.45, 2.75) is 39.1 Å². The van der Waals surface area contributed by atoms with Crippen LogP contribution in [0.15, 0.2) is 40.8 Å². The standard InChI is InChI=1S/C18H22F3NO2.ClH/c1-13(2)23-10-4-9-22-12-16-7-8-17(24-16)14-5-3-6-15(11-14)18(19,20)21;/h3,5-8,11,13,22H,4,9-10,12H2,1-2H3;1H. The first kappa shape index (κ1) is 21.5. The fourth-order valence-electron chi connectivity index (χ4n) is 2.20. The van der Waals surface area contributed by atoms with E-state index < -0.39 is 11.7 Å². The Morgan fingerprint density at radius 3 is 2.60 bits per heavy atom. The lowest BCUT2D eigenvalue weighted by molar-refractivity contribution is -0.137. The van der Waals surface area contributed by atoms with Crippen molar-refractivity contribution in [2.24, 2.45) is 0 Å². The predicted molar refractivity (Wildman–Crippen MR) is 93.8 cm³/mol. The van der Waals surface area contributed by atoms with Crippen LogP contribution in [0.25, 0.3) is 11.3 Å². The molecule has 2 rings (SSSR count). The Morgan fingerprint density at radius 1 is 1.16 bits per heavy atom. The highest BCUT2D eigenvalue weighted by molar-refractivity contribution is 5.85. The summed E-state index contributed by atoms with van der Waals surface area (Å²) in [6, 6.07) is 8.59. The van der Waals surface area contributed by atoms with Gasteiger partial charge in [-0.3, -0.25) is 0 Å². The molecule has 0 aliphatic rings. The number of benzene rings is 1. The van der Waals surface area contributed by atoms with Crippen molar-refractivity contribution in [3.63, 3.8) is 0 Å². The quantitative estimate of drug-likeness (QED) is 0.634. The van der Waals surface area contributed by atoms with Crippen LogP contribution in [0.2, 0.25) is 0 Å². The van der Waals surface area contributed by atoms with E-state index in [9.17, 15) is 13.2 Å². The SMILES string of the molecule is CC(C)OCCCNCc1ccc(-c2cccc(C(F)(F)F)c2)o1.Cl. The van der Waals surface area contributed by atoms with Crippen LogP contribution in [0.4, 0.5) is 13.2 Å². The molecular formula is C18H23ClF3NO2. The first-order valence-electron chi connectivity index (χ1n) is 7.95. The minimum absolute atomic E-state index is 0. The van der Waals surface area contributed by atoms with E-state index in [2.05, 4.69) is 5.32 Å². The van der Waals surface area contributed by atoms with E-state index in [-0.39, 0.29) is 18.5 Å². The second-order valence-corrected chi connectivity index (χ2v) is 5.79. The van der Waals surface area contributed by atoms with E-state index in [1.807, 2.05) is 13.8 Å². The average Bonchev–Trinajstić information content (AvgIpc) is 2.99. The van der Waals surface area contributed by atoms with Gasteiger partial charge in [0.25, 0.3) is 0 Å². The number of hydrogen-bond acceptors (Lipinski definition) is 3. The summed E-state index contributed by atoms with van der Waals surface area (Å²) in [6.07, 6.45) is -3.24. The molecule has 2 aromatic rings. The van der Waals surface area contributed by atoms with E-state index in [0.29, 0.717) is 30.2 Å². The van der Waals surface area contributed by atoms with Crippen molar-refractivity contribution in [3.05, 3.63) is 47.7 Å². The lowest BCUT2D eigenvalue weighted by Crippen LogP contribution is -2.17. The van der Waals surface area contributed by atoms with Crippen LogP contribution in [0.3, 0.4) is 0 Å². The van der Waals surface area contributed by atoms with Crippen LogP contribution in [-0.2, 0) is 17.5 Å². The summed E-state index contributed by atoms with van der Waals surface area (Å²) >= 11 is 0. The minimum Gasteiger partial charge on any atom is -0.460 e. The molecule has 0 amide bonds. The van der Waals surface area contributed by atoms with E-state index in [1.165, 1.54) is 6.07 Å². The molecule has 0 saturated heterocycles. The van der Waals surface area contributed by atoms with Gasteiger partial charge in [-0.2, -0.15) is 13.2 Å². The van der Waals surface area contributed by atoms with Gasteiger partial charge < -0.3 is 14.5 Å². The third-order valence-electron chi connectivity index (χ3n) is 3.38. The van der Waals surface area contributed by atoms with Crippen molar-refractivity contribution in [2.75, 3.05) is 13.2 Å². The first-order valence-corrected chi connectivity index (χ1v) is 7.95. The zero-order valence-electron chi connectivity index (χ0n) is 14.2. The van der Waals surface area contributed by atoms with Gasteiger partial charge in [-0.15, -0.1) is 12.4 Å². The highest BCUT2D eigenvalue weighted by Gasteiger charge is 2.30. The van der Waals surface area contributed by atoms with Gasteiger partial charge >= 0.3 is 6.18 Å². The Balaban J connectivity index is 0.00000312. The molecule has 0 radical (unpaired) electrons. The number of ether oxygens (including phenoxy) is 1. The van der Waals surface area contributed by atoms with E-state index in [1.54, 1.807) is 18.2 Å². The van der Waals surface area contributed by atoms with Crippen LogP contribution in [-0.4, -0.2) is 19.3 Å². The molecule has 1 aromatic carbocycles. The maximum atomic E-state index is 12.8. The van der Waals surface area contributed by atoms with Crippen molar-refractivity contribution >= 4 is 12.4 Å². The van der Waals surface area contributed by atoms with Crippen molar-refractivity contribution in [3.8, 4) is 11.3 Å². The smallest absolute Gasteiger partial charge is 0.416 e. The van der Waals surface area contributed by atoms with Gasteiger partial charge in [-0.25, -0.2) is 0 Å². The van der Waals surface area contributed by atoms with Crippen LogP contribution in [0.1, 0.15) is 31.6 Å². The molecule has 0 fully saturated rings. The maximum Gasteiger partial charge on any atom is 0.416 e. The fraction of sp³-hybridized carbons (Fsp3) is 0.444. The maximum absolute atomic E-state index is 12.8. The Labute approximate surface area is 152 Å². The van der Waals surface area contributed by atoms with Crippen LogP contribution >= 0.6 is 12.4 Å². The number of furan rings is 1. The van der Waals surface area contributed by atoms with E-state index in [4.69, 9.17) is 9.15 Å². The summed E-state index contributed by atoms with van der Waals surface area (Å²) in [7, 11) is 0. The molecule has 0 spiro atoms. The number of hydrogen-bond donors (Lipinski definition) is 1. The van der Waals surface area contributed by atoms with E-state index >= 15 is 0 Å². The molecule has 0 unspecified atom stereocenters. The monoisotopic (exact) mass is 377 g/mol. The van der Waals surface area contributed by atoms with Crippen molar-refractivity contribution in [1.29, 1.82) is 0 Å². The lowest BCUT2D eigenvalue weighted by Gasteiger charge is -2.08. The van der Waals surface area contributed by atoms with Crippen LogP contribution < -0.4 is 5.32 Å². The highest BCUT2D eigenvalue weighted by Crippen LogP contribution is 2.32. The Hall–Kier alpha value is -1.50. The Kier molecular flexibility index (Phi) is 8.48. The number of alkyl halides is 3. The van der Waals surface area contributed by atoms with Gasteiger partial charge in [0.05, 0.1) is 18.2 Å². The molecule has 0 aliphatic heterocycles. The molecule has 0 bridgehead atoms.